The van der Waals surface area contributed by atoms with Crippen molar-refractivity contribution in [2.75, 3.05) is 0 Å². The fourth-order valence-electron chi connectivity index (χ4n) is 2.08. The quantitative estimate of drug-likeness (QED) is 0.720. The minimum atomic E-state index is 0.986. The molecule has 0 bridgehead atoms. The summed E-state index contributed by atoms with van der Waals surface area (Å²) in [7, 11) is 0. The molecule has 0 aliphatic carbocycles. The van der Waals surface area contributed by atoms with Crippen molar-refractivity contribution in [2.24, 2.45) is 0 Å². The number of benzene rings is 1. The number of fused-ring (bicyclic) bond motifs is 1. The Kier molecular flexibility index (Phi) is 2.71. The molecule has 2 heterocycles. The lowest BCUT2D eigenvalue weighted by atomic mass is 10.1. The standard InChI is InChI=1S/C15H16N2S/c1-4-11-5-6-12-13(8-11)17-15(16-12)14-7-9(2)10(3)18-14/h5-8H,4H2,1-3H3,(H,16,17). The van der Waals surface area contributed by atoms with Gasteiger partial charge in [-0.25, -0.2) is 4.98 Å². The van der Waals surface area contributed by atoms with Gasteiger partial charge in [-0.15, -0.1) is 11.3 Å². The van der Waals surface area contributed by atoms with Crippen LogP contribution < -0.4 is 0 Å². The first-order valence-corrected chi connectivity index (χ1v) is 7.05. The molecule has 0 fully saturated rings. The molecule has 0 aliphatic rings. The second-order valence-electron chi connectivity index (χ2n) is 4.64. The van der Waals surface area contributed by atoms with Crippen molar-refractivity contribution in [2.45, 2.75) is 27.2 Å². The highest BCUT2D eigenvalue weighted by molar-refractivity contribution is 7.15. The maximum atomic E-state index is 4.67. The van der Waals surface area contributed by atoms with Gasteiger partial charge in [-0.2, -0.15) is 0 Å². The molecular weight excluding hydrogens is 240 g/mol. The highest BCUT2D eigenvalue weighted by Gasteiger charge is 2.09. The molecule has 18 heavy (non-hydrogen) atoms. The molecule has 3 rings (SSSR count). The average molecular weight is 256 g/mol. The van der Waals surface area contributed by atoms with Crippen molar-refractivity contribution < 1.29 is 0 Å². The van der Waals surface area contributed by atoms with E-state index >= 15 is 0 Å². The zero-order valence-electron chi connectivity index (χ0n) is 10.9. The molecule has 0 saturated carbocycles. The van der Waals surface area contributed by atoms with Gasteiger partial charge in [0, 0.05) is 4.88 Å². The lowest BCUT2D eigenvalue weighted by Gasteiger charge is -1.93. The highest BCUT2D eigenvalue weighted by Crippen LogP contribution is 2.30. The van der Waals surface area contributed by atoms with Crippen LogP contribution in [-0.2, 0) is 6.42 Å². The molecule has 0 radical (unpaired) electrons. The Hall–Kier alpha value is -1.61. The zero-order chi connectivity index (χ0) is 12.7. The molecule has 3 aromatic rings. The number of aryl methyl sites for hydroxylation is 3. The molecular formula is C15H16N2S. The minimum Gasteiger partial charge on any atom is -0.337 e. The topological polar surface area (TPSA) is 28.7 Å². The lowest BCUT2D eigenvalue weighted by molar-refractivity contribution is 1.14. The van der Waals surface area contributed by atoms with Gasteiger partial charge in [0.2, 0.25) is 0 Å². The molecule has 0 unspecified atom stereocenters. The average Bonchev–Trinajstić information content (AvgIpc) is 2.92. The number of rotatable bonds is 2. The third-order valence-corrected chi connectivity index (χ3v) is 4.51. The van der Waals surface area contributed by atoms with Crippen LogP contribution in [0.4, 0.5) is 0 Å². The molecule has 1 N–H and O–H groups in total. The van der Waals surface area contributed by atoms with Crippen molar-refractivity contribution in [3.63, 3.8) is 0 Å². The van der Waals surface area contributed by atoms with Crippen molar-refractivity contribution in [1.29, 1.82) is 0 Å². The molecule has 1 aromatic carbocycles. The van der Waals surface area contributed by atoms with Crippen molar-refractivity contribution in [3.05, 3.63) is 40.3 Å². The summed E-state index contributed by atoms with van der Waals surface area (Å²) in [4.78, 5) is 10.7. The SMILES string of the molecule is CCc1ccc2nc(-c3cc(C)c(C)s3)[nH]c2c1. The van der Waals surface area contributed by atoms with Gasteiger partial charge >= 0.3 is 0 Å². The summed E-state index contributed by atoms with van der Waals surface area (Å²) in [5.41, 5.74) is 4.86. The fraction of sp³-hybridized carbons (Fsp3) is 0.267. The van der Waals surface area contributed by atoms with Gasteiger partial charge in [-0.3, -0.25) is 0 Å². The maximum absolute atomic E-state index is 4.67. The molecule has 0 saturated heterocycles. The predicted molar refractivity (Wildman–Crippen MR) is 78.3 cm³/mol. The second-order valence-corrected chi connectivity index (χ2v) is 5.90. The Balaban J connectivity index is 2.12. The van der Waals surface area contributed by atoms with E-state index in [0.29, 0.717) is 0 Å². The molecule has 3 heteroatoms. The Morgan fingerprint density at radius 2 is 2.06 bits per heavy atom. The molecule has 0 amide bonds. The van der Waals surface area contributed by atoms with E-state index in [1.165, 1.54) is 20.9 Å². The Morgan fingerprint density at radius 1 is 1.22 bits per heavy atom. The Labute approximate surface area is 111 Å². The first kappa shape index (κ1) is 11.5. The van der Waals surface area contributed by atoms with Gasteiger partial charge in [0.05, 0.1) is 15.9 Å². The van der Waals surface area contributed by atoms with Crippen LogP contribution in [0.1, 0.15) is 22.9 Å². The van der Waals surface area contributed by atoms with Crippen LogP contribution in [0, 0.1) is 13.8 Å². The summed E-state index contributed by atoms with van der Waals surface area (Å²) in [6.45, 7) is 6.47. The monoisotopic (exact) mass is 256 g/mol. The number of nitrogens with one attached hydrogen (secondary N) is 1. The maximum Gasteiger partial charge on any atom is 0.148 e. The number of aromatic nitrogens is 2. The molecule has 92 valence electrons. The van der Waals surface area contributed by atoms with Gasteiger partial charge in [-0.1, -0.05) is 13.0 Å². The summed E-state index contributed by atoms with van der Waals surface area (Å²) in [5.74, 6) is 0.986. The van der Waals surface area contributed by atoms with Crippen molar-refractivity contribution in [3.8, 4) is 10.7 Å². The molecule has 2 aromatic heterocycles. The number of hydrogen-bond acceptors (Lipinski definition) is 2. The molecule has 2 nitrogen and oxygen atoms in total. The van der Waals surface area contributed by atoms with E-state index in [1.54, 1.807) is 11.3 Å². The van der Waals surface area contributed by atoms with E-state index in [2.05, 4.69) is 55.0 Å². The van der Waals surface area contributed by atoms with Crippen molar-refractivity contribution >= 4 is 22.4 Å². The third kappa shape index (κ3) is 1.85. The van der Waals surface area contributed by atoms with Crippen molar-refractivity contribution in [1.82, 2.24) is 9.97 Å². The van der Waals surface area contributed by atoms with E-state index in [1.807, 2.05) is 0 Å². The molecule has 0 atom stereocenters. The van der Waals surface area contributed by atoms with Gasteiger partial charge in [0.25, 0.3) is 0 Å². The largest absolute Gasteiger partial charge is 0.337 e. The Morgan fingerprint density at radius 3 is 2.72 bits per heavy atom. The fourth-order valence-corrected chi connectivity index (χ4v) is 3.06. The molecule has 0 aliphatic heterocycles. The number of hydrogen-bond donors (Lipinski definition) is 1. The minimum absolute atomic E-state index is 0.986. The summed E-state index contributed by atoms with van der Waals surface area (Å²) in [6, 6.07) is 8.65. The van der Waals surface area contributed by atoms with E-state index in [0.717, 1.165) is 23.3 Å². The number of H-pyrrole nitrogens is 1. The third-order valence-electron chi connectivity index (χ3n) is 3.35. The summed E-state index contributed by atoms with van der Waals surface area (Å²) >= 11 is 1.80. The smallest absolute Gasteiger partial charge is 0.148 e. The first-order chi connectivity index (χ1) is 8.67. The summed E-state index contributed by atoms with van der Waals surface area (Å²) < 4.78 is 0. The van der Waals surface area contributed by atoms with E-state index in [-0.39, 0.29) is 0 Å². The number of thiophene rings is 1. The number of aromatic amines is 1. The summed E-state index contributed by atoms with van der Waals surface area (Å²) in [6.07, 6.45) is 1.06. The number of imidazole rings is 1. The van der Waals surface area contributed by atoms with E-state index in [4.69, 9.17) is 0 Å². The van der Waals surface area contributed by atoms with Crippen LogP contribution >= 0.6 is 11.3 Å². The van der Waals surface area contributed by atoms with Gasteiger partial charge in [0.1, 0.15) is 5.82 Å². The zero-order valence-corrected chi connectivity index (χ0v) is 11.7. The highest BCUT2D eigenvalue weighted by atomic mass is 32.1. The number of nitrogens with zero attached hydrogens (tertiary/aromatic N) is 1. The van der Waals surface area contributed by atoms with Crippen LogP contribution in [-0.4, -0.2) is 9.97 Å². The van der Waals surface area contributed by atoms with Crippen LogP contribution in [0.25, 0.3) is 21.7 Å². The second kappa shape index (κ2) is 4.25. The van der Waals surface area contributed by atoms with Gasteiger partial charge in [-0.05, 0) is 49.6 Å². The van der Waals surface area contributed by atoms with Gasteiger partial charge < -0.3 is 4.98 Å². The lowest BCUT2D eigenvalue weighted by Crippen LogP contribution is -1.78. The van der Waals surface area contributed by atoms with E-state index in [9.17, 15) is 0 Å². The normalized spacial score (nSPS) is 11.3. The van der Waals surface area contributed by atoms with E-state index < -0.39 is 0 Å². The first-order valence-electron chi connectivity index (χ1n) is 6.23. The Bertz CT molecular complexity index is 687. The summed E-state index contributed by atoms with van der Waals surface area (Å²) in [5, 5.41) is 0. The van der Waals surface area contributed by atoms with Gasteiger partial charge in [0.15, 0.2) is 0 Å². The van der Waals surface area contributed by atoms with Crippen LogP contribution in [0.15, 0.2) is 24.3 Å². The predicted octanol–water partition coefficient (Wildman–Crippen LogP) is 4.47. The van der Waals surface area contributed by atoms with Crippen LogP contribution in [0.2, 0.25) is 0 Å². The van der Waals surface area contributed by atoms with Crippen LogP contribution in [0.5, 0.6) is 0 Å². The molecule has 0 spiro atoms. The van der Waals surface area contributed by atoms with Crippen LogP contribution in [0.3, 0.4) is 0 Å².